The van der Waals surface area contributed by atoms with E-state index in [4.69, 9.17) is 10.2 Å². The first-order valence-electron chi connectivity index (χ1n) is 5.94. The number of carbonyl (C=O) groups is 2. The molecule has 1 atom stereocenters. The summed E-state index contributed by atoms with van der Waals surface area (Å²) in [6.07, 6.45) is 0. The van der Waals surface area contributed by atoms with Crippen LogP contribution < -0.4 is 16.0 Å². The molecule has 0 aromatic carbocycles. The topological polar surface area (TPSA) is 114 Å². The Morgan fingerprint density at radius 3 is 2.56 bits per heavy atom. The number of carbonyl (C=O) groups excluding carboxylic acids is 1. The molecule has 0 aromatic heterocycles. The van der Waals surface area contributed by atoms with Crippen LogP contribution in [0.1, 0.15) is 0 Å². The normalized spacial score (nSPS) is 18.1. The van der Waals surface area contributed by atoms with Gasteiger partial charge < -0.3 is 26.2 Å². The van der Waals surface area contributed by atoms with Crippen molar-refractivity contribution in [3.63, 3.8) is 0 Å². The van der Waals surface area contributed by atoms with Crippen molar-refractivity contribution in [1.29, 1.82) is 0 Å². The highest BCUT2D eigenvalue weighted by atomic mass is 16.4. The van der Waals surface area contributed by atoms with Gasteiger partial charge in [-0.15, -0.1) is 0 Å². The molecule has 1 unspecified atom stereocenters. The number of nitrogens with one attached hydrogen (secondary N) is 3. The van der Waals surface area contributed by atoms with Gasteiger partial charge in [0.25, 0.3) is 0 Å². The zero-order valence-corrected chi connectivity index (χ0v) is 10.2. The number of piperazine rings is 1. The van der Waals surface area contributed by atoms with E-state index in [9.17, 15) is 9.59 Å². The summed E-state index contributed by atoms with van der Waals surface area (Å²) in [7, 11) is 0. The first kappa shape index (κ1) is 14.7. The van der Waals surface area contributed by atoms with Crippen LogP contribution in [-0.4, -0.2) is 79.0 Å². The maximum Gasteiger partial charge on any atom is 0.328 e. The molecule has 18 heavy (non-hydrogen) atoms. The SMILES string of the molecule is O=C(NCCN1CCNCC1)NC(CO)C(=O)O. The number of rotatable bonds is 6. The molecule has 0 aromatic rings. The van der Waals surface area contributed by atoms with Gasteiger partial charge in [0.05, 0.1) is 6.61 Å². The summed E-state index contributed by atoms with van der Waals surface area (Å²) >= 11 is 0. The highest BCUT2D eigenvalue weighted by molar-refractivity contribution is 5.82. The molecule has 1 saturated heterocycles. The molecule has 1 aliphatic heterocycles. The van der Waals surface area contributed by atoms with Gasteiger partial charge in [0.2, 0.25) is 0 Å². The van der Waals surface area contributed by atoms with Gasteiger partial charge in [-0.25, -0.2) is 9.59 Å². The van der Waals surface area contributed by atoms with Crippen LogP contribution in [0.3, 0.4) is 0 Å². The minimum atomic E-state index is -1.26. The Bertz CT molecular complexity index is 281. The molecule has 8 nitrogen and oxygen atoms in total. The lowest BCUT2D eigenvalue weighted by Crippen LogP contribution is -2.50. The van der Waals surface area contributed by atoms with Gasteiger partial charge in [0, 0.05) is 39.3 Å². The molecule has 1 aliphatic rings. The number of amides is 2. The van der Waals surface area contributed by atoms with Gasteiger partial charge in [0.15, 0.2) is 6.04 Å². The lowest BCUT2D eigenvalue weighted by Gasteiger charge is -2.27. The van der Waals surface area contributed by atoms with Gasteiger partial charge in [-0.1, -0.05) is 0 Å². The zero-order chi connectivity index (χ0) is 13.4. The van der Waals surface area contributed by atoms with Crippen molar-refractivity contribution in [2.45, 2.75) is 6.04 Å². The fourth-order valence-corrected chi connectivity index (χ4v) is 1.66. The van der Waals surface area contributed by atoms with Gasteiger partial charge in [-0.3, -0.25) is 4.90 Å². The summed E-state index contributed by atoms with van der Waals surface area (Å²) in [5.41, 5.74) is 0. The van der Waals surface area contributed by atoms with Crippen molar-refractivity contribution in [1.82, 2.24) is 20.9 Å². The second-order valence-corrected chi connectivity index (χ2v) is 4.07. The Morgan fingerprint density at radius 1 is 1.33 bits per heavy atom. The lowest BCUT2D eigenvalue weighted by atomic mass is 10.3. The number of aliphatic carboxylic acids is 1. The quantitative estimate of drug-likeness (QED) is 0.365. The fourth-order valence-electron chi connectivity index (χ4n) is 1.66. The van der Waals surface area contributed by atoms with Crippen LogP contribution >= 0.6 is 0 Å². The Balaban J connectivity index is 2.14. The molecular formula is C10H20N4O4. The van der Waals surface area contributed by atoms with Gasteiger partial charge >= 0.3 is 12.0 Å². The maximum absolute atomic E-state index is 11.3. The van der Waals surface area contributed by atoms with Gasteiger partial charge in [-0.2, -0.15) is 0 Å². The summed E-state index contributed by atoms with van der Waals surface area (Å²) in [5, 5.41) is 25.3. The fraction of sp³-hybridized carbons (Fsp3) is 0.800. The molecule has 0 bridgehead atoms. The Morgan fingerprint density at radius 2 is 2.00 bits per heavy atom. The number of aliphatic hydroxyl groups excluding tert-OH is 1. The number of hydrogen-bond donors (Lipinski definition) is 5. The van der Waals surface area contributed by atoms with Crippen LogP contribution in [0.5, 0.6) is 0 Å². The van der Waals surface area contributed by atoms with Crippen molar-refractivity contribution in [3.8, 4) is 0 Å². The highest BCUT2D eigenvalue weighted by Gasteiger charge is 2.18. The lowest BCUT2D eigenvalue weighted by molar-refractivity contribution is -0.140. The Labute approximate surface area is 105 Å². The third kappa shape index (κ3) is 5.30. The van der Waals surface area contributed by atoms with E-state index in [2.05, 4.69) is 20.9 Å². The van der Waals surface area contributed by atoms with Crippen LogP contribution in [0.15, 0.2) is 0 Å². The van der Waals surface area contributed by atoms with Crippen LogP contribution in [0, 0.1) is 0 Å². The minimum Gasteiger partial charge on any atom is -0.480 e. The molecule has 0 saturated carbocycles. The van der Waals surface area contributed by atoms with E-state index in [1.54, 1.807) is 0 Å². The molecule has 0 spiro atoms. The van der Waals surface area contributed by atoms with E-state index in [1.165, 1.54) is 0 Å². The average molecular weight is 260 g/mol. The second-order valence-electron chi connectivity index (χ2n) is 4.07. The molecule has 5 N–H and O–H groups in total. The molecule has 8 heteroatoms. The van der Waals surface area contributed by atoms with E-state index in [0.29, 0.717) is 6.54 Å². The first-order valence-corrected chi connectivity index (χ1v) is 5.94. The van der Waals surface area contributed by atoms with E-state index in [0.717, 1.165) is 32.7 Å². The monoisotopic (exact) mass is 260 g/mol. The molecule has 1 fully saturated rings. The first-order chi connectivity index (χ1) is 8.63. The van der Waals surface area contributed by atoms with Crippen molar-refractivity contribution >= 4 is 12.0 Å². The number of hydrogen-bond acceptors (Lipinski definition) is 5. The Kier molecular flexibility index (Phi) is 6.40. The van der Waals surface area contributed by atoms with Crippen molar-refractivity contribution in [3.05, 3.63) is 0 Å². The van der Waals surface area contributed by atoms with E-state index in [1.807, 2.05) is 0 Å². The van der Waals surface area contributed by atoms with E-state index in [-0.39, 0.29) is 0 Å². The van der Waals surface area contributed by atoms with Gasteiger partial charge in [0.1, 0.15) is 0 Å². The third-order valence-corrected chi connectivity index (χ3v) is 2.71. The second kappa shape index (κ2) is 7.85. The zero-order valence-electron chi connectivity index (χ0n) is 10.2. The number of carboxylic acids is 1. The number of carboxylic acid groups (broad SMARTS) is 1. The summed E-state index contributed by atoms with van der Waals surface area (Å²) < 4.78 is 0. The van der Waals surface area contributed by atoms with E-state index < -0.39 is 24.6 Å². The Hall–Kier alpha value is -1.38. The summed E-state index contributed by atoms with van der Waals surface area (Å²) in [6, 6.07) is -1.84. The van der Waals surface area contributed by atoms with Crippen LogP contribution in [0.25, 0.3) is 0 Å². The van der Waals surface area contributed by atoms with Crippen molar-refractivity contribution in [2.75, 3.05) is 45.9 Å². The largest absolute Gasteiger partial charge is 0.480 e. The molecule has 1 heterocycles. The van der Waals surface area contributed by atoms with Crippen molar-refractivity contribution in [2.24, 2.45) is 0 Å². The molecule has 1 rings (SSSR count). The third-order valence-electron chi connectivity index (χ3n) is 2.71. The predicted molar refractivity (Wildman–Crippen MR) is 64.4 cm³/mol. The van der Waals surface area contributed by atoms with Gasteiger partial charge in [-0.05, 0) is 0 Å². The molecule has 2 amide bonds. The van der Waals surface area contributed by atoms with Crippen LogP contribution in [-0.2, 0) is 4.79 Å². The summed E-state index contributed by atoms with van der Waals surface area (Å²) in [6.45, 7) is 4.32. The highest BCUT2D eigenvalue weighted by Crippen LogP contribution is 1.90. The molecular weight excluding hydrogens is 240 g/mol. The summed E-state index contributed by atoms with van der Waals surface area (Å²) in [4.78, 5) is 24.1. The molecule has 104 valence electrons. The number of aliphatic hydroxyl groups is 1. The van der Waals surface area contributed by atoms with Crippen molar-refractivity contribution < 1.29 is 19.8 Å². The number of nitrogens with zero attached hydrogens (tertiary/aromatic N) is 1. The summed E-state index contributed by atoms with van der Waals surface area (Å²) in [5.74, 6) is -1.25. The van der Waals surface area contributed by atoms with Crippen LogP contribution in [0.2, 0.25) is 0 Å². The molecule has 0 radical (unpaired) electrons. The maximum atomic E-state index is 11.3. The minimum absolute atomic E-state index is 0.448. The molecule has 0 aliphatic carbocycles. The average Bonchev–Trinajstić information content (AvgIpc) is 2.37. The van der Waals surface area contributed by atoms with E-state index >= 15 is 0 Å². The number of urea groups is 1. The predicted octanol–water partition coefficient (Wildman–Crippen LogP) is -2.36. The smallest absolute Gasteiger partial charge is 0.328 e. The van der Waals surface area contributed by atoms with Crippen LogP contribution in [0.4, 0.5) is 4.79 Å². The standard InChI is InChI=1S/C10H20N4O4/c15-7-8(9(16)17)13-10(18)12-3-6-14-4-1-11-2-5-14/h8,11,15H,1-7H2,(H,16,17)(H2,12,13,18).